The Morgan fingerprint density at radius 3 is 1.33 bits per heavy atom. The fraction of sp³-hybridized carbons (Fsp3) is 0.882. The van der Waals surface area contributed by atoms with Crippen molar-refractivity contribution in [2.45, 2.75) is 283 Å². The Kier molecular flexibility index (Phi) is 44.1. The van der Waals surface area contributed by atoms with Gasteiger partial charge in [-0.1, -0.05) is 231 Å². The molecule has 3 atom stereocenters. The fourth-order valence-corrected chi connectivity index (χ4v) is 7.72. The van der Waals surface area contributed by atoms with Crippen LogP contribution >= 0.6 is 0 Å². The molecule has 1 amide bonds. The molecule has 0 aliphatic rings. The summed E-state index contributed by atoms with van der Waals surface area (Å²) in [7, 11) is 0. The Bertz CT molecular complexity index is 904. The molecule has 3 N–H and O–H groups in total. The highest BCUT2D eigenvalue weighted by molar-refractivity contribution is 5.77. The molecule has 0 saturated heterocycles. The van der Waals surface area contributed by atoms with Crippen LogP contribution in [0.3, 0.4) is 0 Å². The van der Waals surface area contributed by atoms with Crippen LogP contribution in [0.25, 0.3) is 0 Å². The molecular formula is C51H97NO5. The quantitative estimate of drug-likeness (QED) is 0.0324. The molecule has 0 heterocycles. The molecule has 6 nitrogen and oxygen atoms in total. The van der Waals surface area contributed by atoms with E-state index in [1.807, 2.05) is 0 Å². The maximum Gasteiger partial charge on any atom is 0.306 e. The van der Waals surface area contributed by atoms with Crippen LogP contribution in [0.2, 0.25) is 0 Å². The summed E-state index contributed by atoms with van der Waals surface area (Å²) in [6.07, 6.45) is 51.0. The van der Waals surface area contributed by atoms with Crippen LogP contribution in [-0.2, 0) is 14.3 Å². The number of carbonyl (C=O) groups excluding carboxylic acids is 2. The van der Waals surface area contributed by atoms with Gasteiger partial charge in [-0.15, -0.1) is 0 Å². The van der Waals surface area contributed by atoms with Crippen LogP contribution in [0.15, 0.2) is 24.3 Å². The number of ether oxygens (including phenoxy) is 1. The Balaban J connectivity index is 4.59. The molecule has 336 valence electrons. The predicted octanol–water partition coefficient (Wildman–Crippen LogP) is 14.7. The van der Waals surface area contributed by atoms with Crippen LogP contribution < -0.4 is 5.32 Å². The van der Waals surface area contributed by atoms with Gasteiger partial charge in [0.05, 0.1) is 25.2 Å². The molecular weight excluding hydrogens is 707 g/mol. The molecule has 57 heavy (non-hydrogen) atoms. The number of hydrogen-bond acceptors (Lipinski definition) is 5. The van der Waals surface area contributed by atoms with E-state index in [1.165, 1.54) is 161 Å². The minimum Gasteiger partial charge on any atom is -0.462 e. The van der Waals surface area contributed by atoms with Crippen molar-refractivity contribution in [1.29, 1.82) is 0 Å². The van der Waals surface area contributed by atoms with Gasteiger partial charge in [0.1, 0.15) is 6.10 Å². The fourth-order valence-electron chi connectivity index (χ4n) is 7.72. The number of aliphatic hydroxyl groups is 2. The molecule has 0 bridgehead atoms. The first kappa shape index (κ1) is 55.3. The van der Waals surface area contributed by atoms with Crippen molar-refractivity contribution < 1.29 is 24.5 Å². The summed E-state index contributed by atoms with van der Waals surface area (Å²) in [4.78, 5) is 26.0. The van der Waals surface area contributed by atoms with Crippen LogP contribution in [-0.4, -0.2) is 46.9 Å². The Morgan fingerprint density at radius 2 is 0.895 bits per heavy atom. The molecule has 0 saturated carbocycles. The number of carbonyl (C=O) groups is 2. The molecule has 0 rings (SSSR count). The van der Waals surface area contributed by atoms with Gasteiger partial charge < -0.3 is 20.3 Å². The van der Waals surface area contributed by atoms with Crippen molar-refractivity contribution >= 4 is 11.9 Å². The van der Waals surface area contributed by atoms with Gasteiger partial charge in [-0.3, -0.25) is 9.59 Å². The second-order valence-electron chi connectivity index (χ2n) is 17.3. The second kappa shape index (κ2) is 45.4. The van der Waals surface area contributed by atoms with Crippen molar-refractivity contribution in [1.82, 2.24) is 5.32 Å². The third-order valence-electron chi connectivity index (χ3n) is 11.6. The molecule has 0 aliphatic carbocycles. The lowest BCUT2D eigenvalue weighted by Crippen LogP contribution is -2.46. The van der Waals surface area contributed by atoms with Gasteiger partial charge in [-0.05, 0) is 44.9 Å². The second-order valence-corrected chi connectivity index (χ2v) is 17.3. The van der Waals surface area contributed by atoms with E-state index in [0.29, 0.717) is 19.3 Å². The van der Waals surface area contributed by atoms with Crippen molar-refractivity contribution in [3.8, 4) is 0 Å². The van der Waals surface area contributed by atoms with E-state index < -0.39 is 18.2 Å². The maximum atomic E-state index is 13.2. The lowest BCUT2D eigenvalue weighted by Gasteiger charge is -2.24. The lowest BCUT2D eigenvalue weighted by molar-refractivity contribution is -0.151. The number of rotatable bonds is 45. The monoisotopic (exact) mass is 804 g/mol. The van der Waals surface area contributed by atoms with Crippen LogP contribution in [0.5, 0.6) is 0 Å². The third kappa shape index (κ3) is 40.9. The topological polar surface area (TPSA) is 95.9 Å². The van der Waals surface area contributed by atoms with Crippen molar-refractivity contribution in [3.05, 3.63) is 24.3 Å². The minimum atomic E-state index is -0.794. The maximum absolute atomic E-state index is 13.2. The SMILES string of the molecule is CCCCCCCCC/C=C/C=C/CCCC(CC(=O)NC(CO)C(O)CCCCCCCCCCCCCCCC)OC(=O)CCCCCCCCCCCC. The van der Waals surface area contributed by atoms with E-state index in [1.54, 1.807) is 0 Å². The summed E-state index contributed by atoms with van der Waals surface area (Å²) in [6, 6.07) is -0.710. The van der Waals surface area contributed by atoms with E-state index in [0.717, 1.165) is 57.8 Å². The van der Waals surface area contributed by atoms with Gasteiger partial charge in [0.2, 0.25) is 5.91 Å². The Hall–Kier alpha value is -1.66. The van der Waals surface area contributed by atoms with Crippen LogP contribution in [0.1, 0.15) is 265 Å². The zero-order valence-corrected chi connectivity index (χ0v) is 38.2. The summed E-state index contributed by atoms with van der Waals surface area (Å²) >= 11 is 0. The number of nitrogens with one attached hydrogen (secondary N) is 1. The van der Waals surface area contributed by atoms with E-state index in [9.17, 15) is 19.8 Å². The minimum absolute atomic E-state index is 0.0495. The Labute approximate surface area is 354 Å². The zero-order valence-electron chi connectivity index (χ0n) is 38.2. The van der Waals surface area contributed by atoms with Crippen molar-refractivity contribution in [2.24, 2.45) is 0 Å². The average Bonchev–Trinajstić information content (AvgIpc) is 3.20. The van der Waals surface area contributed by atoms with E-state index >= 15 is 0 Å². The van der Waals surface area contributed by atoms with Crippen molar-refractivity contribution in [3.63, 3.8) is 0 Å². The molecule has 0 aromatic rings. The highest BCUT2D eigenvalue weighted by atomic mass is 16.5. The number of amides is 1. The predicted molar refractivity (Wildman–Crippen MR) is 246 cm³/mol. The molecule has 6 heteroatoms. The Morgan fingerprint density at radius 1 is 0.509 bits per heavy atom. The van der Waals surface area contributed by atoms with Gasteiger partial charge in [0, 0.05) is 6.42 Å². The molecule has 0 fully saturated rings. The number of hydrogen-bond donors (Lipinski definition) is 3. The number of allylic oxidation sites excluding steroid dienone is 4. The highest BCUT2D eigenvalue weighted by Crippen LogP contribution is 2.17. The first-order chi connectivity index (χ1) is 28.0. The van der Waals surface area contributed by atoms with E-state index in [4.69, 9.17) is 4.74 Å². The van der Waals surface area contributed by atoms with E-state index in [-0.39, 0.29) is 24.9 Å². The van der Waals surface area contributed by atoms with Gasteiger partial charge in [0.25, 0.3) is 0 Å². The summed E-state index contributed by atoms with van der Waals surface area (Å²) in [5.41, 5.74) is 0. The molecule has 0 aromatic heterocycles. The zero-order chi connectivity index (χ0) is 41.7. The molecule has 0 aromatic carbocycles. The van der Waals surface area contributed by atoms with Crippen molar-refractivity contribution in [2.75, 3.05) is 6.61 Å². The summed E-state index contributed by atoms with van der Waals surface area (Å²) in [5.74, 6) is -0.512. The van der Waals surface area contributed by atoms with Crippen LogP contribution in [0, 0.1) is 0 Å². The first-order valence-electron chi connectivity index (χ1n) is 25.1. The molecule has 3 unspecified atom stereocenters. The molecule has 0 spiro atoms. The largest absolute Gasteiger partial charge is 0.462 e. The van der Waals surface area contributed by atoms with Gasteiger partial charge in [-0.2, -0.15) is 0 Å². The third-order valence-corrected chi connectivity index (χ3v) is 11.6. The van der Waals surface area contributed by atoms with Gasteiger partial charge in [-0.25, -0.2) is 0 Å². The molecule has 0 aliphatic heterocycles. The summed E-state index contributed by atoms with van der Waals surface area (Å²) in [5, 5.41) is 23.7. The lowest BCUT2D eigenvalue weighted by atomic mass is 10.0. The number of unbranched alkanes of at least 4 members (excludes halogenated alkanes) is 30. The first-order valence-corrected chi connectivity index (χ1v) is 25.1. The van der Waals surface area contributed by atoms with Gasteiger partial charge >= 0.3 is 5.97 Å². The standard InChI is InChI=1S/C51H97NO5/c1-4-7-10-13-16-19-22-24-26-28-30-33-36-39-42-47(57-51(56)44-41-38-35-32-21-18-15-12-9-6-3)45-50(55)52-48(46-53)49(54)43-40-37-34-31-29-27-25-23-20-17-14-11-8-5-2/h26,28,30,33,47-49,53-54H,4-25,27,29,31-32,34-46H2,1-3H3,(H,52,55)/b28-26+,33-30+. The summed E-state index contributed by atoms with van der Waals surface area (Å²) in [6.45, 7) is 6.46. The summed E-state index contributed by atoms with van der Waals surface area (Å²) < 4.78 is 5.89. The number of esters is 1. The number of aliphatic hydroxyl groups excluding tert-OH is 2. The normalized spacial score (nSPS) is 13.4. The average molecular weight is 804 g/mol. The van der Waals surface area contributed by atoms with Crippen LogP contribution in [0.4, 0.5) is 0 Å². The van der Waals surface area contributed by atoms with E-state index in [2.05, 4.69) is 50.4 Å². The highest BCUT2D eigenvalue weighted by Gasteiger charge is 2.24. The van der Waals surface area contributed by atoms with Gasteiger partial charge in [0.15, 0.2) is 0 Å². The smallest absolute Gasteiger partial charge is 0.306 e. The molecule has 0 radical (unpaired) electrons.